The highest BCUT2D eigenvalue weighted by atomic mass is 19.1. The Kier molecular flexibility index (Phi) is 4.69. The zero-order chi connectivity index (χ0) is 12.8. The van der Waals surface area contributed by atoms with Gasteiger partial charge in [-0.05, 0) is 31.5 Å². The average molecular weight is 237 g/mol. The number of aryl methyl sites for hydroxylation is 1. The maximum Gasteiger partial charge on any atom is 0.333 e. The summed E-state index contributed by atoms with van der Waals surface area (Å²) in [5, 5.41) is 3.00. The molecule has 0 saturated heterocycles. The van der Waals surface area contributed by atoms with Crippen LogP contribution in [-0.4, -0.2) is 19.6 Å². The Morgan fingerprint density at radius 1 is 1.53 bits per heavy atom. The first-order valence-electron chi connectivity index (χ1n) is 5.29. The van der Waals surface area contributed by atoms with Crippen molar-refractivity contribution in [2.24, 2.45) is 0 Å². The van der Waals surface area contributed by atoms with Crippen LogP contribution in [0.4, 0.5) is 10.1 Å². The van der Waals surface area contributed by atoms with Gasteiger partial charge in [0.1, 0.15) is 5.82 Å². The summed E-state index contributed by atoms with van der Waals surface area (Å²) in [6, 6.07) is 4.92. The maximum absolute atomic E-state index is 13.2. The molecule has 0 amide bonds. The summed E-state index contributed by atoms with van der Waals surface area (Å²) in [4.78, 5) is 11.1. The molecule has 0 unspecified atom stereocenters. The molecule has 4 heteroatoms. The Labute approximate surface area is 100 Å². The SMILES string of the molecule is COC(=O)/C(C)=C/CNc1ccc(C)c(F)c1. The number of carbonyl (C=O) groups is 1. The number of hydrogen-bond acceptors (Lipinski definition) is 3. The predicted octanol–water partition coefficient (Wildman–Crippen LogP) is 2.67. The van der Waals surface area contributed by atoms with Crippen LogP contribution in [0.25, 0.3) is 0 Å². The highest BCUT2D eigenvalue weighted by molar-refractivity contribution is 5.87. The minimum absolute atomic E-state index is 0.247. The third-order valence-electron chi connectivity index (χ3n) is 2.39. The van der Waals surface area contributed by atoms with Crippen molar-refractivity contribution in [3.8, 4) is 0 Å². The van der Waals surface area contributed by atoms with Gasteiger partial charge in [0.05, 0.1) is 7.11 Å². The summed E-state index contributed by atoms with van der Waals surface area (Å²) in [5.41, 5.74) is 1.81. The molecule has 0 aliphatic carbocycles. The lowest BCUT2D eigenvalue weighted by atomic mass is 10.2. The van der Waals surface area contributed by atoms with E-state index < -0.39 is 0 Å². The minimum Gasteiger partial charge on any atom is -0.466 e. The van der Waals surface area contributed by atoms with Gasteiger partial charge in [0.2, 0.25) is 0 Å². The fraction of sp³-hybridized carbons (Fsp3) is 0.308. The van der Waals surface area contributed by atoms with E-state index in [9.17, 15) is 9.18 Å². The maximum atomic E-state index is 13.2. The second-order valence-electron chi connectivity index (χ2n) is 3.72. The molecule has 1 aromatic rings. The Bertz CT molecular complexity index is 441. The highest BCUT2D eigenvalue weighted by Crippen LogP contribution is 2.13. The second-order valence-corrected chi connectivity index (χ2v) is 3.72. The molecular formula is C13H16FNO2. The van der Waals surface area contributed by atoms with E-state index in [2.05, 4.69) is 10.1 Å². The summed E-state index contributed by atoms with van der Waals surface area (Å²) >= 11 is 0. The van der Waals surface area contributed by atoms with Crippen LogP contribution < -0.4 is 5.32 Å². The van der Waals surface area contributed by atoms with Gasteiger partial charge in [-0.3, -0.25) is 0 Å². The third-order valence-corrected chi connectivity index (χ3v) is 2.39. The van der Waals surface area contributed by atoms with Crippen LogP contribution in [0.2, 0.25) is 0 Å². The van der Waals surface area contributed by atoms with Gasteiger partial charge < -0.3 is 10.1 Å². The molecule has 0 radical (unpaired) electrons. The number of anilines is 1. The number of benzene rings is 1. The summed E-state index contributed by atoms with van der Waals surface area (Å²) in [6.07, 6.45) is 1.70. The summed E-state index contributed by atoms with van der Waals surface area (Å²) < 4.78 is 17.8. The fourth-order valence-electron chi connectivity index (χ4n) is 1.27. The molecule has 0 bridgehead atoms. The standard InChI is InChI=1S/C13H16FNO2/c1-9-4-5-11(8-12(9)14)15-7-6-10(2)13(16)17-3/h4-6,8,15H,7H2,1-3H3/b10-6+. The average Bonchev–Trinajstić information content (AvgIpc) is 2.32. The number of rotatable bonds is 4. The van der Waals surface area contributed by atoms with Gasteiger partial charge in [-0.1, -0.05) is 12.1 Å². The van der Waals surface area contributed by atoms with Gasteiger partial charge in [0.15, 0.2) is 0 Å². The van der Waals surface area contributed by atoms with Crippen LogP contribution in [0.15, 0.2) is 29.8 Å². The normalized spacial score (nSPS) is 11.2. The monoisotopic (exact) mass is 237 g/mol. The number of carbonyl (C=O) groups excluding carboxylic acids is 1. The lowest BCUT2D eigenvalue weighted by Gasteiger charge is -2.05. The molecule has 1 N–H and O–H groups in total. The quantitative estimate of drug-likeness (QED) is 0.646. The van der Waals surface area contributed by atoms with Crippen LogP contribution in [0.1, 0.15) is 12.5 Å². The summed E-state index contributed by atoms with van der Waals surface area (Å²) in [6.45, 7) is 3.83. The van der Waals surface area contributed by atoms with Crippen molar-refractivity contribution in [2.45, 2.75) is 13.8 Å². The summed E-state index contributed by atoms with van der Waals surface area (Å²) in [7, 11) is 1.34. The van der Waals surface area contributed by atoms with Gasteiger partial charge in [-0.25, -0.2) is 9.18 Å². The second kappa shape index (κ2) is 6.03. The van der Waals surface area contributed by atoms with E-state index in [1.807, 2.05) is 0 Å². The lowest BCUT2D eigenvalue weighted by molar-refractivity contribution is -0.136. The zero-order valence-corrected chi connectivity index (χ0v) is 10.2. The Morgan fingerprint density at radius 3 is 2.82 bits per heavy atom. The van der Waals surface area contributed by atoms with Crippen molar-refractivity contribution in [3.63, 3.8) is 0 Å². The number of halogens is 1. The van der Waals surface area contributed by atoms with Gasteiger partial charge in [-0.15, -0.1) is 0 Å². The largest absolute Gasteiger partial charge is 0.466 e. The van der Waals surface area contributed by atoms with E-state index in [0.717, 1.165) is 0 Å². The van der Waals surface area contributed by atoms with Crippen molar-refractivity contribution in [2.75, 3.05) is 19.0 Å². The number of ether oxygens (including phenoxy) is 1. The topological polar surface area (TPSA) is 38.3 Å². The number of nitrogens with one attached hydrogen (secondary N) is 1. The Morgan fingerprint density at radius 2 is 2.24 bits per heavy atom. The molecule has 0 saturated carbocycles. The van der Waals surface area contributed by atoms with Gasteiger partial charge in [0.25, 0.3) is 0 Å². The van der Waals surface area contributed by atoms with E-state index in [0.29, 0.717) is 23.4 Å². The van der Waals surface area contributed by atoms with Gasteiger partial charge >= 0.3 is 5.97 Å². The lowest BCUT2D eigenvalue weighted by Crippen LogP contribution is -2.05. The van der Waals surface area contributed by atoms with Gasteiger partial charge in [-0.2, -0.15) is 0 Å². The molecule has 92 valence electrons. The van der Waals surface area contributed by atoms with Crippen molar-refractivity contribution >= 4 is 11.7 Å². The minimum atomic E-state index is -0.359. The third kappa shape index (κ3) is 3.90. The van der Waals surface area contributed by atoms with E-state index in [1.54, 1.807) is 32.1 Å². The fourth-order valence-corrected chi connectivity index (χ4v) is 1.27. The van der Waals surface area contributed by atoms with Crippen LogP contribution in [0.5, 0.6) is 0 Å². The molecular weight excluding hydrogens is 221 g/mol. The number of hydrogen-bond donors (Lipinski definition) is 1. The molecule has 1 aromatic carbocycles. The molecule has 0 spiro atoms. The molecule has 3 nitrogen and oxygen atoms in total. The smallest absolute Gasteiger partial charge is 0.333 e. The van der Waals surface area contributed by atoms with E-state index in [4.69, 9.17) is 0 Å². The molecule has 0 aliphatic heterocycles. The van der Waals surface area contributed by atoms with E-state index in [-0.39, 0.29) is 11.8 Å². The van der Waals surface area contributed by atoms with Crippen LogP contribution in [0, 0.1) is 12.7 Å². The molecule has 0 fully saturated rings. The predicted molar refractivity (Wildman–Crippen MR) is 65.4 cm³/mol. The Balaban J connectivity index is 2.56. The molecule has 17 heavy (non-hydrogen) atoms. The van der Waals surface area contributed by atoms with E-state index >= 15 is 0 Å². The van der Waals surface area contributed by atoms with E-state index in [1.165, 1.54) is 13.2 Å². The van der Waals surface area contributed by atoms with Crippen molar-refractivity contribution < 1.29 is 13.9 Å². The first kappa shape index (κ1) is 13.2. The van der Waals surface area contributed by atoms with Crippen LogP contribution >= 0.6 is 0 Å². The first-order chi connectivity index (χ1) is 8.04. The Hall–Kier alpha value is -1.84. The zero-order valence-electron chi connectivity index (χ0n) is 10.2. The number of methoxy groups -OCH3 is 1. The van der Waals surface area contributed by atoms with Gasteiger partial charge in [0, 0.05) is 17.8 Å². The highest BCUT2D eigenvalue weighted by Gasteiger charge is 2.02. The van der Waals surface area contributed by atoms with Crippen molar-refractivity contribution in [1.82, 2.24) is 0 Å². The molecule has 0 aromatic heterocycles. The first-order valence-corrected chi connectivity index (χ1v) is 5.29. The van der Waals surface area contributed by atoms with Crippen molar-refractivity contribution in [3.05, 3.63) is 41.2 Å². The molecule has 0 atom stereocenters. The molecule has 1 rings (SSSR count). The molecule has 0 aliphatic rings. The van der Waals surface area contributed by atoms with Crippen molar-refractivity contribution in [1.29, 1.82) is 0 Å². The summed E-state index contributed by atoms with van der Waals surface area (Å²) in [5.74, 6) is -0.606. The van der Waals surface area contributed by atoms with Crippen LogP contribution in [0.3, 0.4) is 0 Å². The van der Waals surface area contributed by atoms with Crippen LogP contribution in [-0.2, 0) is 9.53 Å². The number of esters is 1. The molecule has 0 heterocycles.